The number of carbonyl (C=O) groups is 5. The van der Waals surface area contributed by atoms with E-state index in [-0.39, 0.29) is 22.8 Å². The van der Waals surface area contributed by atoms with Crippen LogP contribution in [0.1, 0.15) is 43.6 Å². The van der Waals surface area contributed by atoms with Crippen LogP contribution in [0.3, 0.4) is 0 Å². The number of fused-ring (bicyclic) bond motifs is 2. The molecule has 3 aliphatic heterocycles. The van der Waals surface area contributed by atoms with Crippen molar-refractivity contribution >= 4 is 29.7 Å². The Morgan fingerprint density at radius 3 is 2.10 bits per heavy atom. The van der Waals surface area contributed by atoms with Crippen LogP contribution in [-0.4, -0.2) is 73.3 Å². The van der Waals surface area contributed by atoms with Gasteiger partial charge in [0, 0.05) is 33.8 Å². The highest BCUT2D eigenvalue weighted by Gasteiger charge is 2.69. The molecule has 42 heavy (non-hydrogen) atoms. The van der Waals surface area contributed by atoms with E-state index in [2.05, 4.69) is 0 Å². The molecule has 0 N–H and O–H groups in total. The molecule has 2 saturated heterocycles. The Labute approximate surface area is 239 Å². The Balaban J connectivity index is 1.44. The quantitative estimate of drug-likeness (QED) is 0.252. The molecule has 3 aliphatic rings. The maximum atomic E-state index is 13.4. The number of Topliss-reactive ketones (excluding diaryl/α,β-unsaturated/α-hetero) is 1. The first-order valence-electron chi connectivity index (χ1n) is 13.1. The summed E-state index contributed by atoms with van der Waals surface area (Å²) in [5, 5.41) is 0. The van der Waals surface area contributed by atoms with E-state index in [1.165, 1.54) is 25.1 Å². The van der Waals surface area contributed by atoms with Crippen LogP contribution < -0.4 is 9.47 Å². The third-order valence-electron chi connectivity index (χ3n) is 6.74. The van der Waals surface area contributed by atoms with Crippen LogP contribution in [0.2, 0.25) is 0 Å². The van der Waals surface area contributed by atoms with Gasteiger partial charge in [-0.1, -0.05) is 30.3 Å². The second-order valence-corrected chi connectivity index (χ2v) is 9.84. The maximum Gasteiger partial charge on any atom is 0.303 e. The van der Waals surface area contributed by atoms with Gasteiger partial charge in [-0.3, -0.25) is 24.0 Å². The smallest absolute Gasteiger partial charge is 0.303 e. The summed E-state index contributed by atoms with van der Waals surface area (Å²) in [7, 11) is 0. The molecule has 0 aliphatic carbocycles. The number of hydrogen-bond donors (Lipinski definition) is 0. The van der Waals surface area contributed by atoms with Gasteiger partial charge < -0.3 is 37.9 Å². The number of hydrogen-bond acceptors (Lipinski definition) is 13. The van der Waals surface area contributed by atoms with E-state index < -0.39 is 73.1 Å². The van der Waals surface area contributed by atoms with Gasteiger partial charge in [-0.05, 0) is 17.7 Å². The Kier molecular flexibility index (Phi) is 7.89. The molecule has 0 bridgehead atoms. The van der Waals surface area contributed by atoms with Crippen LogP contribution >= 0.6 is 0 Å². The summed E-state index contributed by atoms with van der Waals surface area (Å²) in [6.45, 7) is 4.14. The normalized spacial score (nSPS) is 29.1. The lowest BCUT2D eigenvalue weighted by Gasteiger charge is -2.43. The zero-order valence-corrected chi connectivity index (χ0v) is 23.1. The molecule has 0 saturated carbocycles. The molecule has 2 fully saturated rings. The second kappa shape index (κ2) is 11.4. The Hall–Kier alpha value is -4.49. The van der Waals surface area contributed by atoms with Crippen molar-refractivity contribution in [2.75, 3.05) is 6.61 Å². The van der Waals surface area contributed by atoms with E-state index >= 15 is 0 Å². The van der Waals surface area contributed by atoms with E-state index in [0.717, 1.165) is 20.8 Å². The Morgan fingerprint density at radius 2 is 1.45 bits per heavy atom. The topological polar surface area (TPSA) is 162 Å². The monoisotopic (exact) mass is 584 g/mol. The number of epoxide rings is 1. The zero-order chi connectivity index (χ0) is 30.2. The van der Waals surface area contributed by atoms with E-state index in [9.17, 15) is 24.0 Å². The first-order valence-corrected chi connectivity index (χ1v) is 13.1. The van der Waals surface area contributed by atoms with Crippen molar-refractivity contribution in [2.45, 2.75) is 70.3 Å². The standard InChI is InChI=1S/C29H28O13/c1-14(30)35-13-22-23(36-15(2)31)24(37-16(3)32)25(38-17(4)33)27(40-22)39-19-10-11-20-21(12-19)41-28-29(42-28,26(20)34)18-8-6-5-7-9-18/h5-12,22-25,27-28H,13H2,1-4H3/t22-,23-,24+,25-,27-,28-,29-/m1/s1. The number of rotatable bonds is 8. The number of esters is 4. The van der Waals surface area contributed by atoms with Crippen molar-refractivity contribution in [1.29, 1.82) is 0 Å². The van der Waals surface area contributed by atoms with Crippen molar-refractivity contribution < 1.29 is 61.9 Å². The lowest BCUT2D eigenvalue weighted by Crippen LogP contribution is -2.63. The van der Waals surface area contributed by atoms with Crippen LogP contribution in [0.5, 0.6) is 11.5 Å². The van der Waals surface area contributed by atoms with Gasteiger partial charge in [0.1, 0.15) is 24.2 Å². The number of carbonyl (C=O) groups excluding carboxylic acids is 5. The molecule has 0 radical (unpaired) electrons. The molecule has 13 nitrogen and oxygen atoms in total. The minimum absolute atomic E-state index is 0.135. The van der Waals surface area contributed by atoms with Gasteiger partial charge in [0.15, 0.2) is 12.2 Å². The average Bonchev–Trinajstić information content (AvgIpc) is 3.66. The maximum absolute atomic E-state index is 13.4. The van der Waals surface area contributed by atoms with Crippen molar-refractivity contribution in [3.05, 3.63) is 59.7 Å². The molecular formula is C29H28O13. The Bertz CT molecular complexity index is 1410. The van der Waals surface area contributed by atoms with Gasteiger partial charge >= 0.3 is 23.9 Å². The molecule has 3 heterocycles. The largest absolute Gasteiger partial charge is 0.463 e. The van der Waals surface area contributed by atoms with E-state index in [4.69, 9.17) is 37.9 Å². The predicted octanol–water partition coefficient (Wildman–Crippen LogP) is 1.98. The average molecular weight is 585 g/mol. The number of ether oxygens (including phenoxy) is 8. The minimum atomic E-state index is -1.44. The molecule has 0 amide bonds. The van der Waals surface area contributed by atoms with Crippen LogP contribution in [0, 0.1) is 0 Å². The fourth-order valence-electron chi connectivity index (χ4n) is 5.02. The molecule has 2 aromatic rings. The Morgan fingerprint density at radius 1 is 0.810 bits per heavy atom. The van der Waals surface area contributed by atoms with E-state index in [1.54, 1.807) is 24.3 Å². The minimum Gasteiger partial charge on any atom is -0.463 e. The predicted molar refractivity (Wildman–Crippen MR) is 137 cm³/mol. The molecule has 2 aromatic carbocycles. The summed E-state index contributed by atoms with van der Waals surface area (Å²) in [4.78, 5) is 61.0. The van der Waals surface area contributed by atoms with E-state index in [1.807, 2.05) is 6.07 Å². The molecule has 7 atom stereocenters. The highest BCUT2D eigenvalue weighted by atomic mass is 16.8. The lowest BCUT2D eigenvalue weighted by atomic mass is 9.88. The van der Waals surface area contributed by atoms with Crippen molar-refractivity contribution in [1.82, 2.24) is 0 Å². The van der Waals surface area contributed by atoms with Crippen molar-refractivity contribution in [3.63, 3.8) is 0 Å². The fourth-order valence-corrected chi connectivity index (χ4v) is 5.02. The van der Waals surface area contributed by atoms with Gasteiger partial charge in [0.05, 0.1) is 5.56 Å². The van der Waals surface area contributed by atoms with Crippen LogP contribution in [0.4, 0.5) is 0 Å². The van der Waals surface area contributed by atoms with Crippen LogP contribution in [0.25, 0.3) is 0 Å². The molecule has 0 spiro atoms. The molecule has 5 rings (SSSR count). The van der Waals surface area contributed by atoms with Crippen molar-refractivity contribution in [2.24, 2.45) is 0 Å². The molecular weight excluding hydrogens is 556 g/mol. The summed E-state index contributed by atoms with van der Waals surface area (Å²) in [5.41, 5.74) is -0.291. The highest BCUT2D eigenvalue weighted by Crippen LogP contribution is 2.54. The third-order valence-corrected chi connectivity index (χ3v) is 6.74. The zero-order valence-electron chi connectivity index (χ0n) is 23.1. The first-order chi connectivity index (χ1) is 20.0. The first kappa shape index (κ1) is 29.0. The number of benzene rings is 2. The lowest BCUT2D eigenvalue weighted by molar-refractivity contribution is -0.288. The van der Waals surface area contributed by atoms with Gasteiger partial charge in [-0.15, -0.1) is 0 Å². The van der Waals surface area contributed by atoms with Gasteiger partial charge in [-0.2, -0.15) is 0 Å². The van der Waals surface area contributed by atoms with Gasteiger partial charge in [-0.25, -0.2) is 0 Å². The van der Waals surface area contributed by atoms with Crippen LogP contribution in [0.15, 0.2) is 48.5 Å². The summed E-state index contributed by atoms with van der Waals surface area (Å²) in [6.07, 6.45) is -7.58. The summed E-state index contributed by atoms with van der Waals surface area (Å²) in [6, 6.07) is 13.4. The summed E-state index contributed by atoms with van der Waals surface area (Å²) in [5.74, 6) is -2.88. The summed E-state index contributed by atoms with van der Waals surface area (Å²) >= 11 is 0. The van der Waals surface area contributed by atoms with Crippen LogP contribution in [-0.2, 0) is 53.2 Å². The summed E-state index contributed by atoms with van der Waals surface area (Å²) < 4.78 is 44.9. The SMILES string of the molecule is CC(=O)OC[C@H]1O[C@@H](Oc2ccc3c(c2)O[C@@H]2O[C@]2(c2ccccc2)C3=O)[C@H](OC(C)=O)[C@@H](OC(C)=O)[C@@H]1OC(C)=O. The molecule has 222 valence electrons. The molecule has 0 aromatic heterocycles. The fraction of sp³-hybridized carbons (Fsp3) is 0.414. The third kappa shape index (κ3) is 5.65. The highest BCUT2D eigenvalue weighted by molar-refractivity contribution is 6.08. The molecule has 13 heteroatoms. The van der Waals surface area contributed by atoms with Gasteiger partial charge in [0.2, 0.25) is 30.1 Å². The second-order valence-electron chi connectivity index (χ2n) is 9.84. The van der Waals surface area contributed by atoms with Crippen molar-refractivity contribution in [3.8, 4) is 11.5 Å². The molecule has 0 unspecified atom stereocenters. The van der Waals surface area contributed by atoms with E-state index in [0.29, 0.717) is 5.56 Å². The number of ketones is 1. The van der Waals surface area contributed by atoms with Gasteiger partial charge in [0.25, 0.3) is 0 Å².